The van der Waals surface area contributed by atoms with Gasteiger partial charge >= 0.3 is 0 Å². The number of aliphatic hydroxyl groups excluding tert-OH is 1. The number of aliphatic hydroxyl groups is 1. The van der Waals surface area contributed by atoms with E-state index in [1.807, 2.05) is 0 Å². The van der Waals surface area contributed by atoms with Gasteiger partial charge in [0.15, 0.2) is 0 Å². The number of hydrogen-bond acceptors (Lipinski definition) is 2. The van der Waals surface area contributed by atoms with Gasteiger partial charge in [-0.1, -0.05) is 18.6 Å². The lowest BCUT2D eigenvalue weighted by Gasteiger charge is -2.14. The minimum Gasteiger partial charge on any atom is -0.392 e. The van der Waals surface area contributed by atoms with Gasteiger partial charge in [-0.05, 0) is 36.8 Å². The zero-order valence-electron chi connectivity index (χ0n) is 8.44. The Kier molecular flexibility index (Phi) is 3.14. The highest BCUT2D eigenvalue weighted by Crippen LogP contribution is 2.34. The molecule has 1 aliphatic rings. The van der Waals surface area contributed by atoms with E-state index in [0.29, 0.717) is 5.92 Å². The molecule has 1 aromatic carbocycles. The van der Waals surface area contributed by atoms with Gasteiger partial charge in [-0.2, -0.15) is 0 Å². The van der Waals surface area contributed by atoms with E-state index in [1.54, 1.807) is 11.8 Å². The summed E-state index contributed by atoms with van der Waals surface area (Å²) >= 11 is 1.76. The van der Waals surface area contributed by atoms with Crippen molar-refractivity contribution < 1.29 is 5.11 Å². The molecule has 0 bridgehead atoms. The first kappa shape index (κ1) is 10.1. The average molecular weight is 208 g/mol. The third kappa shape index (κ3) is 1.96. The Hall–Kier alpha value is -0.470. The van der Waals surface area contributed by atoms with E-state index in [1.165, 1.54) is 10.5 Å². The van der Waals surface area contributed by atoms with Crippen LogP contribution in [0.25, 0.3) is 0 Å². The molecule has 1 N–H and O–H groups in total. The van der Waals surface area contributed by atoms with Gasteiger partial charge in [0.1, 0.15) is 0 Å². The maximum atomic E-state index is 9.76. The summed E-state index contributed by atoms with van der Waals surface area (Å²) in [6.07, 6.45) is 5.24. The Labute approximate surface area is 89.5 Å². The third-order valence-corrected chi connectivity index (χ3v) is 3.77. The zero-order valence-corrected chi connectivity index (χ0v) is 9.26. The number of benzene rings is 1. The van der Waals surface area contributed by atoms with Crippen molar-refractivity contribution in [3.8, 4) is 0 Å². The Balaban J connectivity index is 2.16. The van der Waals surface area contributed by atoms with E-state index >= 15 is 0 Å². The molecule has 2 rings (SSSR count). The molecule has 14 heavy (non-hydrogen) atoms. The monoisotopic (exact) mass is 208 g/mol. The Morgan fingerprint density at radius 3 is 2.43 bits per heavy atom. The summed E-state index contributed by atoms with van der Waals surface area (Å²) in [5.41, 5.74) is 1.30. The lowest BCUT2D eigenvalue weighted by atomic mass is 9.96. The summed E-state index contributed by atoms with van der Waals surface area (Å²) in [6, 6.07) is 8.60. The molecule has 0 saturated heterocycles. The molecule has 1 nitrogen and oxygen atoms in total. The summed E-state index contributed by atoms with van der Waals surface area (Å²) in [4.78, 5) is 1.29. The molecule has 2 atom stereocenters. The Morgan fingerprint density at radius 1 is 1.21 bits per heavy atom. The Morgan fingerprint density at radius 2 is 1.93 bits per heavy atom. The van der Waals surface area contributed by atoms with Gasteiger partial charge in [-0.3, -0.25) is 0 Å². The number of rotatable bonds is 2. The highest BCUT2D eigenvalue weighted by atomic mass is 32.2. The molecule has 1 aromatic rings. The van der Waals surface area contributed by atoms with Crippen LogP contribution in [0.2, 0.25) is 0 Å². The van der Waals surface area contributed by atoms with Crippen LogP contribution in [0.1, 0.15) is 30.7 Å². The minimum absolute atomic E-state index is 0.116. The van der Waals surface area contributed by atoms with Gasteiger partial charge in [0.25, 0.3) is 0 Å². The normalized spacial score (nSPS) is 26.7. The van der Waals surface area contributed by atoms with Crippen LogP contribution < -0.4 is 0 Å². The second-order valence-corrected chi connectivity index (χ2v) is 4.76. The second kappa shape index (κ2) is 4.37. The van der Waals surface area contributed by atoms with Crippen LogP contribution in [0.15, 0.2) is 29.2 Å². The van der Waals surface area contributed by atoms with Gasteiger partial charge in [-0.25, -0.2) is 0 Å². The van der Waals surface area contributed by atoms with Crippen molar-refractivity contribution in [2.24, 2.45) is 0 Å². The molecule has 2 heteroatoms. The van der Waals surface area contributed by atoms with E-state index in [9.17, 15) is 5.11 Å². The first-order valence-corrected chi connectivity index (χ1v) is 6.36. The third-order valence-electron chi connectivity index (χ3n) is 3.02. The van der Waals surface area contributed by atoms with Crippen LogP contribution in [0.4, 0.5) is 0 Å². The van der Waals surface area contributed by atoms with E-state index in [-0.39, 0.29) is 6.10 Å². The van der Waals surface area contributed by atoms with Crippen LogP contribution in [0, 0.1) is 0 Å². The van der Waals surface area contributed by atoms with Crippen LogP contribution in [-0.2, 0) is 0 Å². The van der Waals surface area contributed by atoms with Crippen LogP contribution in [0.3, 0.4) is 0 Å². The van der Waals surface area contributed by atoms with E-state index in [0.717, 1.165) is 19.3 Å². The molecule has 0 radical (unpaired) electrons. The molecule has 0 heterocycles. The molecule has 0 aromatic heterocycles. The van der Waals surface area contributed by atoms with Crippen molar-refractivity contribution in [3.63, 3.8) is 0 Å². The van der Waals surface area contributed by atoms with Gasteiger partial charge in [0, 0.05) is 10.8 Å². The average Bonchev–Trinajstić information content (AvgIpc) is 2.65. The van der Waals surface area contributed by atoms with Crippen molar-refractivity contribution in [2.45, 2.75) is 36.2 Å². The van der Waals surface area contributed by atoms with Crippen LogP contribution in [-0.4, -0.2) is 17.5 Å². The van der Waals surface area contributed by atoms with Gasteiger partial charge in [0.2, 0.25) is 0 Å². The predicted octanol–water partition coefficient (Wildman–Crippen LogP) is 3.04. The molecule has 1 aliphatic carbocycles. The summed E-state index contributed by atoms with van der Waals surface area (Å²) < 4.78 is 0. The standard InChI is InChI=1S/C12H16OS/c1-14-10-7-5-9(6-8-10)11-3-2-4-12(11)13/h5-8,11-13H,2-4H2,1H3/t11-,12+/m0/s1. The van der Waals surface area contributed by atoms with Crippen LogP contribution >= 0.6 is 11.8 Å². The molecular weight excluding hydrogens is 192 g/mol. The van der Waals surface area contributed by atoms with Gasteiger partial charge in [-0.15, -0.1) is 11.8 Å². The fraction of sp³-hybridized carbons (Fsp3) is 0.500. The summed E-state index contributed by atoms with van der Waals surface area (Å²) in [7, 11) is 0. The SMILES string of the molecule is CSc1ccc([C@@H]2CCC[C@H]2O)cc1. The molecule has 0 amide bonds. The number of thioether (sulfide) groups is 1. The van der Waals surface area contributed by atoms with E-state index in [4.69, 9.17) is 0 Å². The molecule has 0 spiro atoms. The van der Waals surface area contributed by atoms with Crippen molar-refractivity contribution in [3.05, 3.63) is 29.8 Å². The van der Waals surface area contributed by atoms with E-state index < -0.39 is 0 Å². The lowest BCUT2D eigenvalue weighted by Crippen LogP contribution is -2.10. The molecule has 76 valence electrons. The largest absolute Gasteiger partial charge is 0.392 e. The summed E-state index contributed by atoms with van der Waals surface area (Å²) in [5, 5.41) is 9.76. The number of hydrogen-bond donors (Lipinski definition) is 1. The fourth-order valence-corrected chi connectivity index (χ4v) is 2.59. The van der Waals surface area contributed by atoms with Crippen molar-refractivity contribution in [1.29, 1.82) is 0 Å². The highest BCUT2D eigenvalue weighted by molar-refractivity contribution is 7.98. The maximum Gasteiger partial charge on any atom is 0.0608 e. The predicted molar refractivity (Wildman–Crippen MR) is 60.8 cm³/mol. The van der Waals surface area contributed by atoms with Crippen molar-refractivity contribution in [2.75, 3.05) is 6.26 Å². The molecular formula is C12H16OS. The quantitative estimate of drug-likeness (QED) is 0.754. The summed E-state index contributed by atoms with van der Waals surface area (Å²) in [5.74, 6) is 0.380. The molecule has 0 unspecified atom stereocenters. The zero-order chi connectivity index (χ0) is 9.97. The first-order chi connectivity index (χ1) is 6.81. The first-order valence-electron chi connectivity index (χ1n) is 5.13. The van der Waals surface area contributed by atoms with Crippen molar-refractivity contribution in [1.82, 2.24) is 0 Å². The van der Waals surface area contributed by atoms with Crippen molar-refractivity contribution >= 4 is 11.8 Å². The van der Waals surface area contributed by atoms with Gasteiger partial charge < -0.3 is 5.11 Å². The Bertz CT molecular complexity index is 294. The topological polar surface area (TPSA) is 20.2 Å². The molecule has 0 aliphatic heterocycles. The maximum absolute atomic E-state index is 9.76. The lowest BCUT2D eigenvalue weighted by molar-refractivity contribution is 0.164. The highest BCUT2D eigenvalue weighted by Gasteiger charge is 2.26. The smallest absolute Gasteiger partial charge is 0.0608 e. The minimum atomic E-state index is -0.116. The summed E-state index contributed by atoms with van der Waals surface area (Å²) in [6.45, 7) is 0. The second-order valence-electron chi connectivity index (χ2n) is 3.88. The molecule has 1 fully saturated rings. The van der Waals surface area contributed by atoms with E-state index in [2.05, 4.69) is 30.5 Å². The fourth-order valence-electron chi connectivity index (χ4n) is 2.18. The van der Waals surface area contributed by atoms with Gasteiger partial charge in [0.05, 0.1) is 6.10 Å². The van der Waals surface area contributed by atoms with Crippen LogP contribution in [0.5, 0.6) is 0 Å². The molecule has 1 saturated carbocycles.